The molecule has 0 fully saturated rings. The molecule has 5 nitrogen and oxygen atoms in total. The molecular formula is C14H14F3NO4S. The molecule has 0 radical (unpaired) electrons. The van der Waals surface area contributed by atoms with Crippen LogP contribution in [0.15, 0.2) is 35.7 Å². The first-order valence-corrected chi connectivity index (χ1v) is 8.40. The molecule has 0 bridgehead atoms. The Kier molecular flexibility index (Phi) is 4.69. The smallest absolute Gasteiger partial charge is 0.471 e. The Hall–Kier alpha value is -2.03. The van der Waals surface area contributed by atoms with Crippen molar-refractivity contribution in [2.24, 2.45) is 0 Å². The topological polar surface area (TPSA) is 63.7 Å². The highest BCUT2D eigenvalue weighted by Crippen LogP contribution is 2.29. The molecule has 1 heterocycles. The maximum atomic E-state index is 12.8. The molecule has 2 rings (SSSR count). The van der Waals surface area contributed by atoms with Crippen molar-refractivity contribution in [3.63, 3.8) is 0 Å². The van der Waals surface area contributed by atoms with Crippen molar-refractivity contribution in [1.29, 1.82) is 0 Å². The van der Waals surface area contributed by atoms with Gasteiger partial charge in [-0.3, -0.25) is 9.69 Å². The minimum Gasteiger partial charge on any atom is -0.494 e. The van der Waals surface area contributed by atoms with Gasteiger partial charge in [0, 0.05) is 11.1 Å². The van der Waals surface area contributed by atoms with E-state index in [1.54, 1.807) is 6.92 Å². The van der Waals surface area contributed by atoms with E-state index in [0.29, 0.717) is 17.3 Å². The zero-order valence-corrected chi connectivity index (χ0v) is 12.9. The summed E-state index contributed by atoms with van der Waals surface area (Å²) in [5.41, 5.74) is -0.0532. The van der Waals surface area contributed by atoms with Crippen LogP contribution in [-0.4, -0.2) is 38.9 Å². The highest BCUT2D eigenvalue weighted by atomic mass is 32.2. The number of halogens is 3. The number of alkyl halides is 3. The standard InChI is InChI=1S/C14H14F3NO4S/c1-2-22-12-5-3-10(4-6-12)18(13(19)14(15,16)17)11-7-8-23(20,21)9-11/h3-8,11H,2,9H2,1H3/t11-/m0/s1. The van der Waals surface area contributed by atoms with Crippen LogP contribution >= 0.6 is 0 Å². The molecule has 0 aliphatic carbocycles. The van der Waals surface area contributed by atoms with Gasteiger partial charge in [-0.05, 0) is 37.3 Å². The Balaban J connectivity index is 2.38. The normalized spacial score (nSPS) is 19.6. The molecule has 0 N–H and O–H groups in total. The van der Waals surface area contributed by atoms with E-state index < -0.39 is 33.7 Å². The van der Waals surface area contributed by atoms with Gasteiger partial charge in [-0.25, -0.2) is 8.42 Å². The third-order valence-electron chi connectivity index (χ3n) is 3.13. The first kappa shape index (κ1) is 17.3. The van der Waals surface area contributed by atoms with Crippen LogP contribution in [0.25, 0.3) is 0 Å². The molecule has 0 unspecified atom stereocenters. The molecule has 1 aliphatic heterocycles. The number of sulfone groups is 1. The lowest BCUT2D eigenvalue weighted by molar-refractivity contribution is -0.170. The molecule has 1 atom stereocenters. The number of carbonyl (C=O) groups is 1. The van der Waals surface area contributed by atoms with Crippen molar-refractivity contribution < 1.29 is 31.1 Å². The van der Waals surface area contributed by atoms with E-state index in [2.05, 4.69) is 0 Å². The fraction of sp³-hybridized carbons (Fsp3) is 0.357. The molecule has 1 aromatic carbocycles. The molecule has 1 aliphatic rings. The zero-order valence-electron chi connectivity index (χ0n) is 12.1. The van der Waals surface area contributed by atoms with Gasteiger partial charge >= 0.3 is 12.1 Å². The number of rotatable bonds is 4. The molecule has 126 valence electrons. The minimum absolute atomic E-state index is 0.0532. The number of benzene rings is 1. The van der Waals surface area contributed by atoms with E-state index in [0.717, 1.165) is 11.5 Å². The third kappa shape index (κ3) is 4.04. The average molecular weight is 349 g/mol. The van der Waals surface area contributed by atoms with Crippen LogP contribution in [0.5, 0.6) is 5.75 Å². The molecule has 9 heteroatoms. The molecule has 0 saturated heterocycles. The van der Waals surface area contributed by atoms with E-state index in [1.165, 1.54) is 24.3 Å². The second-order valence-electron chi connectivity index (χ2n) is 4.83. The van der Waals surface area contributed by atoms with Gasteiger partial charge in [0.1, 0.15) is 5.75 Å². The highest BCUT2D eigenvalue weighted by molar-refractivity contribution is 7.94. The summed E-state index contributed by atoms with van der Waals surface area (Å²) in [7, 11) is -3.61. The number of ether oxygens (including phenoxy) is 1. The lowest BCUT2D eigenvalue weighted by atomic mass is 10.2. The van der Waals surface area contributed by atoms with Crippen LogP contribution in [-0.2, 0) is 14.6 Å². The molecule has 23 heavy (non-hydrogen) atoms. The van der Waals surface area contributed by atoms with Gasteiger partial charge in [0.05, 0.1) is 18.4 Å². The third-order valence-corrected chi connectivity index (χ3v) is 4.51. The Morgan fingerprint density at radius 1 is 1.30 bits per heavy atom. The largest absolute Gasteiger partial charge is 0.494 e. The second kappa shape index (κ2) is 6.23. The zero-order chi connectivity index (χ0) is 17.3. The first-order valence-electron chi connectivity index (χ1n) is 6.68. The number of nitrogens with zero attached hydrogens (tertiary/aromatic N) is 1. The molecule has 0 saturated carbocycles. The van der Waals surface area contributed by atoms with E-state index >= 15 is 0 Å². The van der Waals surface area contributed by atoms with Gasteiger partial charge in [-0.1, -0.05) is 0 Å². The summed E-state index contributed by atoms with van der Waals surface area (Å²) in [6.07, 6.45) is -4.03. The molecule has 1 aromatic rings. The second-order valence-corrected chi connectivity index (χ2v) is 6.76. The summed E-state index contributed by atoms with van der Waals surface area (Å²) in [5, 5.41) is 0.822. The first-order chi connectivity index (χ1) is 10.6. The maximum Gasteiger partial charge on any atom is 0.471 e. The van der Waals surface area contributed by atoms with Gasteiger partial charge in [-0.2, -0.15) is 13.2 Å². The lowest BCUT2D eigenvalue weighted by Crippen LogP contribution is -2.47. The molecule has 0 aromatic heterocycles. The maximum absolute atomic E-state index is 12.8. The molecule has 0 spiro atoms. The average Bonchev–Trinajstić information content (AvgIpc) is 2.80. The summed E-state index contributed by atoms with van der Waals surface area (Å²) in [4.78, 5) is 12.2. The van der Waals surface area contributed by atoms with Gasteiger partial charge in [0.25, 0.3) is 0 Å². The van der Waals surface area contributed by atoms with Crippen LogP contribution in [0.1, 0.15) is 6.92 Å². The summed E-state index contributed by atoms with van der Waals surface area (Å²) in [6, 6.07) is 4.21. The predicted octanol–water partition coefficient (Wildman–Crippen LogP) is 2.29. The number of anilines is 1. The lowest BCUT2D eigenvalue weighted by Gasteiger charge is -2.28. The van der Waals surface area contributed by atoms with Crippen molar-refractivity contribution in [2.45, 2.75) is 19.1 Å². The SMILES string of the molecule is CCOc1ccc(N(C(=O)C(F)(F)F)[C@H]2C=CS(=O)(=O)C2)cc1. The monoisotopic (exact) mass is 349 g/mol. The number of amides is 1. The quantitative estimate of drug-likeness (QED) is 0.837. The van der Waals surface area contributed by atoms with Crippen LogP contribution < -0.4 is 9.64 Å². The van der Waals surface area contributed by atoms with E-state index in [-0.39, 0.29) is 5.69 Å². The van der Waals surface area contributed by atoms with E-state index in [4.69, 9.17) is 4.74 Å². The molecule has 1 amide bonds. The van der Waals surface area contributed by atoms with Crippen LogP contribution in [0.4, 0.5) is 18.9 Å². The van der Waals surface area contributed by atoms with Crippen molar-refractivity contribution in [1.82, 2.24) is 0 Å². The van der Waals surface area contributed by atoms with Gasteiger partial charge in [-0.15, -0.1) is 0 Å². The highest BCUT2D eigenvalue weighted by Gasteiger charge is 2.46. The summed E-state index contributed by atoms with van der Waals surface area (Å²) in [5.74, 6) is -2.26. The van der Waals surface area contributed by atoms with Gasteiger partial charge in [0.15, 0.2) is 9.84 Å². The fourth-order valence-corrected chi connectivity index (χ4v) is 3.45. The van der Waals surface area contributed by atoms with E-state index in [1.807, 2.05) is 0 Å². The van der Waals surface area contributed by atoms with Crippen molar-refractivity contribution in [3.05, 3.63) is 35.7 Å². The minimum atomic E-state index is -5.11. The van der Waals surface area contributed by atoms with Crippen LogP contribution in [0, 0.1) is 0 Å². The van der Waals surface area contributed by atoms with Crippen molar-refractivity contribution in [3.8, 4) is 5.75 Å². The van der Waals surface area contributed by atoms with Gasteiger partial charge in [0.2, 0.25) is 0 Å². The Morgan fingerprint density at radius 3 is 2.35 bits per heavy atom. The van der Waals surface area contributed by atoms with Crippen molar-refractivity contribution in [2.75, 3.05) is 17.3 Å². The summed E-state index contributed by atoms with van der Waals surface area (Å²) in [6.45, 7) is 2.13. The Morgan fingerprint density at radius 2 is 1.91 bits per heavy atom. The Bertz CT molecular complexity index is 711. The molecular weight excluding hydrogens is 335 g/mol. The fourth-order valence-electron chi connectivity index (χ4n) is 2.19. The summed E-state index contributed by atoms with van der Waals surface area (Å²) >= 11 is 0. The van der Waals surface area contributed by atoms with Crippen molar-refractivity contribution >= 4 is 21.4 Å². The number of carbonyl (C=O) groups excluding carboxylic acids is 1. The van der Waals surface area contributed by atoms with Gasteiger partial charge < -0.3 is 4.74 Å². The van der Waals surface area contributed by atoms with Crippen LogP contribution in [0.3, 0.4) is 0 Å². The predicted molar refractivity (Wildman–Crippen MR) is 77.9 cm³/mol. The van der Waals surface area contributed by atoms with E-state index in [9.17, 15) is 26.4 Å². The number of hydrogen-bond donors (Lipinski definition) is 0. The summed E-state index contributed by atoms with van der Waals surface area (Å²) < 4.78 is 66.6. The Labute approximate surface area is 131 Å². The number of hydrogen-bond acceptors (Lipinski definition) is 4. The van der Waals surface area contributed by atoms with Crippen LogP contribution in [0.2, 0.25) is 0 Å².